The minimum Gasteiger partial charge on any atom is -0.496 e. The molecule has 0 atom stereocenters. The number of rotatable bonds is 7. The number of nitrogens with one attached hydrogen (secondary N) is 2. The largest absolute Gasteiger partial charge is 0.496 e. The number of amides is 1. The minimum atomic E-state index is 0.0792. The maximum absolute atomic E-state index is 11.7. The summed E-state index contributed by atoms with van der Waals surface area (Å²) in [6.07, 6.45) is 1.40. The molecule has 4 heteroatoms. The second-order valence-corrected chi connectivity index (χ2v) is 4.73. The molecule has 1 rings (SSSR count). The molecule has 0 saturated heterocycles. The molecule has 0 unspecified atom stereocenters. The predicted molar refractivity (Wildman–Crippen MR) is 77.5 cm³/mol. The topological polar surface area (TPSA) is 50.4 Å². The van der Waals surface area contributed by atoms with Crippen molar-refractivity contribution in [3.8, 4) is 5.75 Å². The molecule has 1 aromatic rings. The summed E-state index contributed by atoms with van der Waals surface area (Å²) in [4.78, 5) is 11.7. The van der Waals surface area contributed by atoms with E-state index in [9.17, 15) is 4.79 Å². The Morgan fingerprint density at radius 1 is 1.26 bits per heavy atom. The number of hydrogen-bond donors (Lipinski definition) is 2. The van der Waals surface area contributed by atoms with Crippen LogP contribution in [-0.2, 0) is 11.3 Å². The van der Waals surface area contributed by atoms with Gasteiger partial charge in [-0.3, -0.25) is 4.79 Å². The average molecular weight is 264 g/mol. The van der Waals surface area contributed by atoms with Crippen LogP contribution in [0.2, 0.25) is 0 Å². The molecule has 1 amide bonds. The molecular weight excluding hydrogens is 240 g/mol. The number of carbonyl (C=O) groups is 1. The third-order valence-corrected chi connectivity index (χ3v) is 3.20. The maximum atomic E-state index is 11.7. The lowest BCUT2D eigenvalue weighted by molar-refractivity contribution is -0.121. The fourth-order valence-electron chi connectivity index (χ4n) is 1.89. The molecule has 0 aliphatic rings. The molecule has 0 spiro atoms. The molecule has 106 valence electrons. The number of hydrogen-bond acceptors (Lipinski definition) is 3. The van der Waals surface area contributed by atoms with Crippen LogP contribution in [-0.4, -0.2) is 26.6 Å². The van der Waals surface area contributed by atoms with E-state index < -0.39 is 0 Å². The summed E-state index contributed by atoms with van der Waals surface area (Å²) in [7, 11) is 3.54. The Bertz CT molecular complexity index is 430. The molecule has 0 aromatic heterocycles. The Hall–Kier alpha value is -1.55. The van der Waals surface area contributed by atoms with Crippen LogP contribution in [0.5, 0.6) is 5.75 Å². The van der Waals surface area contributed by atoms with Gasteiger partial charge in [-0.25, -0.2) is 0 Å². The third kappa shape index (κ3) is 4.91. The second-order valence-electron chi connectivity index (χ2n) is 4.73. The van der Waals surface area contributed by atoms with E-state index in [1.54, 1.807) is 7.11 Å². The first-order valence-corrected chi connectivity index (χ1v) is 6.64. The predicted octanol–water partition coefficient (Wildman–Crippen LogP) is 1.93. The smallest absolute Gasteiger partial charge is 0.220 e. The van der Waals surface area contributed by atoms with Gasteiger partial charge in [-0.1, -0.05) is 6.07 Å². The van der Waals surface area contributed by atoms with Gasteiger partial charge in [0.05, 0.1) is 7.11 Å². The normalized spacial score (nSPS) is 10.3. The van der Waals surface area contributed by atoms with Gasteiger partial charge in [0, 0.05) is 18.5 Å². The highest BCUT2D eigenvalue weighted by Gasteiger charge is 2.07. The lowest BCUT2D eigenvalue weighted by Gasteiger charge is -2.12. The second kappa shape index (κ2) is 7.79. The van der Waals surface area contributed by atoms with E-state index in [4.69, 9.17) is 4.74 Å². The summed E-state index contributed by atoms with van der Waals surface area (Å²) in [5.74, 6) is 0.911. The quantitative estimate of drug-likeness (QED) is 0.740. The Morgan fingerprint density at radius 2 is 1.95 bits per heavy atom. The van der Waals surface area contributed by atoms with E-state index >= 15 is 0 Å². The van der Waals surface area contributed by atoms with Gasteiger partial charge >= 0.3 is 0 Å². The summed E-state index contributed by atoms with van der Waals surface area (Å²) in [6, 6.07) is 4.08. The van der Waals surface area contributed by atoms with Crippen LogP contribution < -0.4 is 15.4 Å². The van der Waals surface area contributed by atoms with Gasteiger partial charge in [0.2, 0.25) is 5.91 Å². The highest BCUT2D eigenvalue weighted by Crippen LogP contribution is 2.22. The van der Waals surface area contributed by atoms with Crippen LogP contribution in [0.1, 0.15) is 29.5 Å². The molecule has 0 radical (unpaired) electrons. The van der Waals surface area contributed by atoms with Crippen molar-refractivity contribution < 1.29 is 9.53 Å². The molecule has 0 heterocycles. The van der Waals surface area contributed by atoms with Gasteiger partial charge in [0.25, 0.3) is 0 Å². The van der Waals surface area contributed by atoms with Crippen molar-refractivity contribution in [3.05, 3.63) is 28.8 Å². The van der Waals surface area contributed by atoms with Crippen molar-refractivity contribution in [1.82, 2.24) is 10.6 Å². The SMILES string of the molecule is CNCCCC(=O)NCc1cc(C)c(C)cc1OC. The standard InChI is InChI=1S/C15H24N2O2/c1-11-8-13(14(19-4)9-12(11)2)10-17-15(18)6-5-7-16-3/h8-9,16H,5-7,10H2,1-4H3,(H,17,18). The average Bonchev–Trinajstić information content (AvgIpc) is 2.40. The Labute approximate surface area is 115 Å². The van der Waals surface area contributed by atoms with E-state index in [0.29, 0.717) is 13.0 Å². The van der Waals surface area contributed by atoms with Gasteiger partial charge in [-0.05, 0) is 51.1 Å². The fourth-order valence-corrected chi connectivity index (χ4v) is 1.89. The van der Waals surface area contributed by atoms with Crippen molar-refractivity contribution >= 4 is 5.91 Å². The number of benzene rings is 1. The van der Waals surface area contributed by atoms with Gasteiger partial charge in [0.15, 0.2) is 0 Å². The highest BCUT2D eigenvalue weighted by molar-refractivity contribution is 5.75. The molecule has 0 aliphatic carbocycles. The van der Waals surface area contributed by atoms with Crippen molar-refractivity contribution in [2.24, 2.45) is 0 Å². The van der Waals surface area contributed by atoms with Crippen LogP contribution >= 0.6 is 0 Å². The van der Waals surface area contributed by atoms with Crippen LogP contribution in [0.3, 0.4) is 0 Å². The molecule has 19 heavy (non-hydrogen) atoms. The Kier molecular flexibility index (Phi) is 6.36. The van der Waals surface area contributed by atoms with Gasteiger partial charge < -0.3 is 15.4 Å². The van der Waals surface area contributed by atoms with Gasteiger partial charge in [0.1, 0.15) is 5.75 Å². The molecular formula is C15H24N2O2. The Morgan fingerprint density at radius 3 is 2.58 bits per heavy atom. The first-order chi connectivity index (χ1) is 9.08. The molecule has 0 aliphatic heterocycles. The highest BCUT2D eigenvalue weighted by atomic mass is 16.5. The van der Waals surface area contributed by atoms with Crippen LogP contribution in [0.15, 0.2) is 12.1 Å². The lowest BCUT2D eigenvalue weighted by Crippen LogP contribution is -2.24. The summed E-state index contributed by atoms with van der Waals surface area (Å²) in [5.41, 5.74) is 3.42. The minimum absolute atomic E-state index is 0.0792. The van der Waals surface area contributed by atoms with E-state index in [0.717, 1.165) is 24.3 Å². The van der Waals surface area contributed by atoms with Crippen LogP contribution in [0.25, 0.3) is 0 Å². The van der Waals surface area contributed by atoms with Crippen molar-refractivity contribution in [3.63, 3.8) is 0 Å². The zero-order valence-corrected chi connectivity index (χ0v) is 12.3. The third-order valence-electron chi connectivity index (χ3n) is 3.20. The van der Waals surface area contributed by atoms with Gasteiger partial charge in [-0.15, -0.1) is 0 Å². The number of methoxy groups -OCH3 is 1. The van der Waals surface area contributed by atoms with Crippen LogP contribution in [0, 0.1) is 13.8 Å². The summed E-state index contributed by atoms with van der Waals surface area (Å²) >= 11 is 0. The van der Waals surface area contributed by atoms with E-state index in [2.05, 4.69) is 30.5 Å². The van der Waals surface area contributed by atoms with E-state index in [1.807, 2.05) is 13.1 Å². The van der Waals surface area contributed by atoms with Crippen molar-refractivity contribution in [2.75, 3.05) is 20.7 Å². The first kappa shape index (κ1) is 15.5. The van der Waals surface area contributed by atoms with E-state index in [-0.39, 0.29) is 5.91 Å². The summed E-state index contributed by atoms with van der Waals surface area (Å²) in [5, 5.41) is 5.96. The monoisotopic (exact) mass is 264 g/mol. The zero-order chi connectivity index (χ0) is 14.3. The molecule has 0 fully saturated rings. The van der Waals surface area contributed by atoms with Crippen molar-refractivity contribution in [2.45, 2.75) is 33.2 Å². The molecule has 0 bridgehead atoms. The Balaban J connectivity index is 2.57. The zero-order valence-electron chi connectivity index (χ0n) is 12.3. The molecule has 2 N–H and O–H groups in total. The van der Waals surface area contributed by atoms with Gasteiger partial charge in [-0.2, -0.15) is 0 Å². The number of carbonyl (C=O) groups excluding carboxylic acids is 1. The first-order valence-electron chi connectivity index (χ1n) is 6.64. The van der Waals surface area contributed by atoms with Crippen molar-refractivity contribution in [1.29, 1.82) is 0 Å². The fraction of sp³-hybridized carbons (Fsp3) is 0.533. The van der Waals surface area contributed by atoms with Crippen LogP contribution in [0.4, 0.5) is 0 Å². The number of ether oxygens (including phenoxy) is 1. The number of aryl methyl sites for hydroxylation is 2. The molecule has 0 saturated carbocycles. The maximum Gasteiger partial charge on any atom is 0.220 e. The molecule has 4 nitrogen and oxygen atoms in total. The molecule has 1 aromatic carbocycles. The summed E-state index contributed by atoms with van der Waals surface area (Å²) < 4.78 is 5.35. The lowest BCUT2D eigenvalue weighted by atomic mass is 10.0. The summed E-state index contributed by atoms with van der Waals surface area (Å²) in [6.45, 7) is 5.49. The van der Waals surface area contributed by atoms with E-state index in [1.165, 1.54) is 11.1 Å².